The highest BCUT2D eigenvalue weighted by Gasteiger charge is 2.13. The summed E-state index contributed by atoms with van der Waals surface area (Å²) in [5.74, 6) is -0.853. The van der Waals surface area contributed by atoms with Crippen molar-refractivity contribution >= 4 is 16.7 Å². The molecule has 0 amide bonds. The minimum Gasteiger partial charge on any atom is -0.210 e. The maximum atomic E-state index is 8.96. The van der Waals surface area contributed by atoms with Gasteiger partial charge in [0.25, 0.3) is 0 Å². The molecule has 3 aromatic rings. The Morgan fingerprint density at radius 3 is 2.60 bits per heavy atom. The molecular formula is C13H5N7. The summed E-state index contributed by atoms with van der Waals surface area (Å²) in [5, 5.41) is 38.9. The van der Waals surface area contributed by atoms with Crippen molar-refractivity contribution in [2.45, 2.75) is 5.92 Å². The number of nitrogens with zero attached hydrogens (tertiary/aromatic N) is 7. The lowest BCUT2D eigenvalue weighted by Gasteiger charge is -2.04. The standard InChI is InChI=1S/C13H5N7/c14-4-9(5-15)8-1-2-11-12(3-8)20-13(19-18-11)10(6-16)7-17-20/h1-3,7,9H. The summed E-state index contributed by atoms with van der Waals surface area (Å²) in [7, 11) is 0. The van der Waals surface area contributed by atoms with Crippen molar-refractivity contribution in [2.75, 3.05) is 0 Å². The Kier molecular flexibility index (Phi) is 2.50. The van der Waals surface area contributed by atoms with E-state index in [0.29, 0.717) is 27.8 Å². The first kappa shape index (κ1) is 11.6. The van der Waals surface area contributed by atoms with E-state index in [4.69, 9.17) is 15.8 Å². The van der Waals surface area contributed by atoms with Gasteiger partial charge >= 0.3 is 0 Å². The van der Waals surface area contributed by atoms with Gasteiger partial charge in [-0.3, -0.25) is 0 Å². The summed E-state index contributed by atoms with van der Waals surface area (Å²) >= 11 is 0. The molecule has 3 rings (SSSR count). The van der Waals surface area contributed by atoms with Gasteiger partial charge in [-0.1, -0.05) is 6.07 Å². The van der Waals surface area contributed by atoms with Crippen molar-refractivity contribution in [3.05, 3.63) is 35.5 Å². The average Bonchev–Trinajstić information content (AvgIpc) is 2.92. The van der Waals surface area contributed by atoms with E-state index in [1.54, 1.807) is 18.2 Å². The molecule has 20 heavy (non-hydrogen) atoms. The summed E-state index contributed by atoms with van der Waals surface area (Å²) in [4.78, 5) is 0. The van der Waals surface area contributed by atoms with Gasteiger partial charge in [-0.15, -0.1) is 10.2 Å². The van der Waals surface area contributed by atoms with Crippen LogP contribution in [0.25, 0.3) is 16.7 Å². The topological polar surface area (TPSA) is 114 Å². The molecule has 0 aliphatic heterocycles. The van der Waals surface area contributed by atoms with Crippen LogP contribution in [0, 0.1) is 34.0 Å². The molecule has 0 saturated heterocycles. The van der Waals surface area contributed by atoms with Crippen molar-refractivity contribution in [3.63, 3.8) is 0 Å². The van der Waals surface area contributed by atoms with E-state index in [9.17, 15) is 0 Å². The van der Waals surface area contributed by atoms with Crippen LogP contribution in [0.1, 0.15) is 17.0 Å². The number of hydrogen-bond donors (Lipinski definition) is 0. The van der Waals surface area contributed by atoms with Gasteiger partial charge in [0.2, 0.25) is 0 Å². The second-order valence-electron chi connectivity index (χ2n) is 4.04. The number of hydrogen-bond acceptors (Lipinski definition) is 6. The fourth-order valence-electron chi connectivity index (χ4n) is 1.95. The summed E-state index contributed by atoms with van der Waals surface area (Å²) in [6.45, 7) is 0. The number of benzene rings is 1. The second-order valence-corrected chi connectivity index (χ2v) is 4.04. The highest BCUT2D eigenvalue weighted by Crippen LogP contribution is 2.21. The lowest BCUT2D eigenvalue weighted by molar-refractivity contribution is 0.939. The van der Waals surface area contributed by atoms with E-state index in [2.05, 4.69) is 15.3 Å². The van der Waals surface area contributed by atoms with Gasteiger partial charge in [0.05, 0.1) is 23.9 Å². The molecule has 0 unspecified atom stereocenters. The third-order valence-electron chi connectivity index (χ3n) is 2.94. The fraction of sp³-hybridized carbons (Fsp3) is 0.0769. The second kappa shape index (κ2) is 4.31. The van der Waals surface area contributed by atoms with Gasteiger partial charge in [-0.25, -0.2) is 4.52 Å². The van der Waals surface area contributed by atoms with Crippen LogP contribution < -0.4 is 0 Å². The smallest absolute Gasteiger partial charge is 0.195 e. The molecule has 0 spiro atoms. The van der Waals surface area contributed by atoms with E-state index in [1.807, 2.05) is 18.2 Å². The van der Waals surface area contributed by atoms with Gasteiger partial charge in [-0.2, -0.15) is 20.9 Å². The summed E-state index contributed by atoms with van der Waals surface area (Å²) in [5.41, 5.74) is 2.41. The van der Waals surface area contributed by atoms with Crippen LogP contribution in [0.2, 0.25) is 0 Å². The van der Waals surface area contributed by atoms with Gasteiger partial charge in [0, 0.05) is 0 Å². The first-order valence-corrected chi connectivity index (χ1v) is 5.62. The number of nitriles is 3. The predicted octanol–water partition coefficient (Wildman–Crippen LogP) is 1.28. The Hall–Kier alpha value is -3.50. The van der Waals surface area contributed by atoms with E-state index in [0.717, 1.165) is 0 Å². The molecule has 2 aromatic heterocycles. The van der Waals surface area contributed by atoms with Crippen molar-refractivity contribution in [2.24, 2.45) is 0 Å². The monoisotopic (exact) mass is 259 g/mol. The Morgan fingerprint density at radius 2 is 1.90 bits per heavy atom. The molecule has 0 atom stereocenters. The molecule has 0 aliphatic rings. The highest BCUT2D eigenvalue weighted by atomic mass is 15.3. The molecule has 0 bridgehead atoms. The Balaban J connectivity index is 2.36. The van der Waals surface area contributed by atoms with Crippen molar-refractivity contribution < 1.29 is 0 Å². The van der Waals surface area contributed by atoms with Crippen LogP contribution >= 0.6 is 0 Å². The van der Waals surface area contributed by atoms with Gasteiger partial charge in [-0.05, 0) is 17.7 Å². The van der Waals surface area contributed by atoms with Crippen LogP contribution in [-0.2, 0) is 0 Å². The Bertz CT molecular complexity index is 935. The number of aromatic nitrogens is 4. The normalized spacial score (nSPS) is 10.3. The SMILES string of the molecule is N#Cc1cnn2c1nnc1ccc(C(C#N)C#N)cc12. The van der Waals surface area contributed by atoms with Gasteiger partial charge in [0.15, 0.2) is 11.6 Å². The quantitative estimate of drug-likeness (QED) is 0.650. The summed E-state index contributed by atoms with van der Waals surface area (Å²) < 4.78 is 1.48. The average molecular weight is 259 g/mol. The lowest BCUT2D eigenvalue weighted by Crippen LogP contribution is -1.99. The van der Waals surface area contributed by atoms with E-state index >= 15 is 0 Å². The third kappa shape index (κ3) is 1.53. The van der Waals surface area contributed by atoms with Crippen molar-refractivity contribution in [1.29, 1.82) is 15.8 Å². The maximum Gasteiger partial charge on any atom is 0.195 e. The van der Waals surface area contributed by atoms with Gasteiger partial charge < -0.3 is 0 Å². The van der Waals surface area contributed by atoms with E-state index < -0.39 is 5.92 Å². The van der Waals surface area contributed by atoms with Crippen LogP contribution in [-0.4, -0.2) is 19.8 Å². The van der Waals surface area contributed by atoms with Crippen LogP contribution in [0.3, 0.4) is 0 Å². The molecule has 0 radical (unpaired) electrons. The Labute approximate surface area is 112 Å². The Morgan fingerprint density at radius 1 is 1.10 bits per heavy atom. The number of rotatable bonds is 1. The lowest BCUT2D eigenvalue weighted by atomic mass is 10.0. The number of fused-ring (bicyclic) bond motifs is 3. The summed E-state index contributed by atoms with van der Waals surface area (Å²) in [6.07, 6.45) is 1.40. The van der Waals surface area contributed by atoms with E-state index in [1.165, 1.54) is 10.7 Å². The van der Waals surface area contributed by atoms with Crippen LogP contribution in [0.4, 0.5) is 0 Å². The molecule has 7 heteroatoms. The van der Waals surface area contributed by atoms with E-state index in [-0.39, 0.29) is 0 Å². The maximum absolute atomic E-state index is 8.96. The van der Waals surface area contributed by atoms with Crippen LogP contribution in [0.15, 0.2) is 24.4 Å². The van der Waals surface area contributed by atoms with Gasteiger partial charge in [0.1, 0.15) is 17.1 Å². The fourth-order valence-corrected chi connectivity index (χ4v) is 1.95. The highest BCUT2D eigenvalue weighted by molar-refractivity contribution is 5.78. The molecule has 0 N–H and O–H groups in total. The minimum absolute atomic E-state index is 0.321. The molecule has 0 saturated carbocycles. The molecule has 1 aromatic carbocycles. The molecular weight excluding hydrogens is 254 g/mol. The molecule has 2 heterocycles. The largest absolute Gasteiger partial charge is 0.210 e. The molecule has 92 valence electrons. The first-order chi connectivity index (χ1) is 9.78. The van der Waals surface area contributed by atoms with Crippen molar-refractivity contribution in [1.82, 2.24) is 19.8 Å². The van der Waals surface area contributed by atoms with Crippen LogP contribution in [0.5, 0.6) is 0 Å². The molecule has 0 fully saturated rings. The zero-order valence-electron chi connectivity index (χ0n) is 10.0. The zero-order valence-corrected chi connectivity index (χ0v) is 10.0. The zero-order chi connectivity index (χ0) is 14.1. The minimum atomic E-state index is -0.853. The molecule has 7 nitrogen and oxygen atoms in total. The summed E-state index contributed by atoms with van der Waals surface area (Å²) in [6, 6.07) is 10.8. The first-order valence-electron chi connectivity index (χ1n) is 5.62. The third-order valence-corrected chi connectivity index (χ3v) is 2.94. The van der Waals surface area contributed by atoms with Crippen molar-refractivity contribution in [3.8, 4) is 18.2 Å². The molecule has 0 aliphatic carbocycles. The predicted molar refractivity (Wildman–Crippen MR) is 67.0 cm³/mol.